The van der Waals surface area contributed by atoms with Gasteiger partial charge in [-0.15, -0.1) is 0 Å². The van der Waals surface area contributed by atoms with E-state index in [0.717, 1.165) is 5.56 Å². The molecule has 2 rings (SSSR count). The Kier molecular flexibility index (Phi) is 4.09. The highest BCUT2D eigenvalue weighted by Crippen LogP contribution is 2.16. The van der Waals surface area contributed by atoms with E-state index in [1.165, 1.54) is 24.3 Å². The van der Waals surface area contributed by atoms with Crippen LogP contribution in [0.15, 0.2) is 42.5 Å². The van der Waals surface area contributed by atoms with Gasteiger partial charge in [-0.3, -0.25) is 0 Å². The SMILES string of the molecule is N#Cc1cc(F)ccc1NCCc1ccc(F)cc1. The van der Waals surface area contributed by atoms with Crippen LogP contribution in [0.25, 0.3) is 0 Å². The van der Waals surface area contributed by atoms with Crippen molar-refractivity contribution in [1.29, 1.82) is 5.26 Å². The highest BCUT2D eigenvalue weighted by molar-refractivity contribution is 5.57. The van der Waals surface area contributed by atoms with E-state index in [0.29, 0.717) is 18.7 Å². The Bertz CT molecular complexity index is 601. The van der Waals surface area contributed by atoms with Gasteiger partial charge in [0.1, 0.15) is 17.7 Å². The first kappa shape index (κ1) is 13.0. The number of halogens is 2. The quantitative estimate of drug-likeness (QED) is 0.911. The van der Waals surface area contributed by atoms with Gasteiger partial charge >= 0.3 is 0 Å². The minimum absolute atomic E-state index is 0.262. The van der Waals surface area contributed by atoms with Crippen LogP contribution in [0.1, 0.15) is 11.1 Å². The van der Waals surface area contributed by atoms with Gasteiger partial charge in [-0.1, -0.05) is 12.1 Å². The summed E-state index contributed by atoms with van der Waals surface area (Å²) < 4.78 is 25.7. The molecule has 0 bridgehead atoms. The van der Waals surface area contributed by atoms with Crippen molar-refractivity contribution in [1.82, 2.24) is 0 Å². The van der Waals surface area contributed by atoms with E-state index in [2.05, 4.69) is 5.32 Å². The van der Waals surface area contributed by atoms with E-state index in [1.807, 2.05) is 6.07 Å². The van der Waals surface area contributed by atoms with Gasteiger partial charge in [0.2, 0.25) is 0 Å². The lowest BCUT2D eigenvalue weighted by molar-refractivity contribution is 0.627. The van der Waals surface area contributed by atoms with Crippen LogP contribution in [0, 0.1) is 23.0 Å². The molecule has 96 valence electrons. The number of hydrogen-bond donors (Lipinski definition) is 1. The minimum atomic E-state index is -0.430. The van der Waals surface area contributed by atoms with E-state index >= 15 is 0 Å². The summed E-state index contributed by atoms with van der Waals surface area (Å²) in [5.41, 5.74) is 1.87. The molecule has 0 heterocycles. The lowest BCUT2D eigenvalue weighted by atomic mass is 10.1. The van der Waals surface area contributed by atoms with Crippen molar-refractivity contribution in [3.05, 3.63) is 65.2 Å². The average Bonchev–Trinajstić information content (AvgIpc) is 2.42. The second kappa shape index (κ2) is 5.96. The Morgan fingerprint density at radius 3 is 2.37 bits per heavy atom. The monoisotopic (exact) mass is 258 g/mol. The normalized spacial score (nSPS) is 9.95. The molecule has 2 nitrogen and oxygen atoms in total. The summed E-state index contributed by atoms with van der Waals surface area (Å²) in [6.45, 7) is 0.589. The van der Waals surface area contributed by atoms with Gasteiger partial charge in [-0.25, -0.2) is 8.78 Å². The zero-order chi connectivity index (χ0) is 13.7. The second-order valence-corrected chi connectivity index (χ2v) is 4.10. The van der Waals surface area contributed by atoms with E-state index < -0.39 is 5.82 Å². The van der Waals surface area contributed by atoms with Crippen LogP contribution in [0.2, 0.25) is 0 Å². The van der Waals surface area contributed by atoms with Gasteiger partial charge in [0.25, 0.3) is 0 Å². The number of benzene rings is 2. The van der Waals surface area contributed by atoms with Crippen LogP contribution in [0.3, 0.4) is 0 Å². The van der Waals surface area contributed by atoms with Crippen molar-refractivity contribution in [2.45, 2.75) is 6.42 Å². The number of nitriles is 1. The lowest BCUT2D eigenvalue weighted by Crippen LogP contribution is -2.06. The minimum Gasteiger partial charge on any atom is -0.384 e. The Morgan fingerprint density at radius 1 is 1.00 bits per heavy atom. The molecule has 0 saturated carbocycles. The standard InChI is InChI=1S/C15H12F2N2/c16-13-3-1-11(2-4-13)7-8-19-15-6-5-14(17)9-12(15)10-18/h1-6,9,19H,7-8H2. The molecule has 0 aromatic heterocycles. The third-order valence-corrected chi connectivity index (χ3v) is 2.74. The van der Waals surface area contributed by atoms with Gasteiger partial charge < -0.3 is 5.32 Å². The maximum atomic E-state index is 12.9. The Hall–Kier alpha value is -2.41. The fraction of sp³-hybridized carbons (Fsp3) is 0.133. The molecule has 0 fully saturated rings. The van der Waals surface area contributed by atoms with Gasteiger partial charge in [0.15, 0.2) is 0 Å². The summed E-state index contributed by atoms with van der Waals surface area (Å²) in [6.07, 6.45) is 0.697. The van der Waals surface area contributed by atoms with Crippen molar-refractivity contribution in [2.24, 2.45) is 0 Å². The van der Waals surface area contributed by atoms with E-state index in [-0.39, 0.29) is 11.4 Å². The van der Waals surface area contributed by atoms with Gasteiger partial charge in [0, 0.05) is 6.54 Å². The molecule has 0 saturated heterocycles. The molecule has 0 aliphatic heterocycles. The highest BCUT2D eigenvalue weighted by atomic mass is 19.1. The number of nitrogens with zero attached hydrogens (tertiary/aromatic N) is 1. The third kappa shape index (κ3) is 3.52. The molecule has 19 heavy (non-hydrogen) atoms. The first-order valence-electron chi connectivity index (χ1n) is 5.87. The van der Waals surface area contributed by atoms with Crippen LogP contribution in [0.5, 0.6) is 0 Å². The van der Waals surface area contributed by atoms with Crippen LogP contribution < -0.4 is 5.32 Å². The molecular formula is C15H12F2N2. The van der Waals surface area contributed by atoms with E-state index in [4.69, 9.17) is 5.26 Å². The molecule has 0 radical (unpaired) electrons. The zero-order valence-electron chi connectivity index (χ0n) is 10.2. The largest absolute Gasteiger partial charge is 0.384 e. The molecule has 0 aliphatic rings. The summed E-state index contributed by atoms with van der Waals surface area (Å²) in [4.78, 5) is 0. The predicted octanol–water partition coefficient (Wildman–Crippen LogP) is 3.49. The van der Waals surface area contributed by atoms with Gasteiger partial charge in [-0.2, -0.15) is 5.26 Å². The molecule has 0 atom stereocenters. The molecular weight excluding hydrogens is 246 g/mol. The summed E-state index contributed by atoms with van der Waals surface area (Å²) in [5.74, 6) is -0.692. The number of nitrogens with one attached hydrogen (secondary N) is 1. The third-order valence-electron chi connectivity index (χ3n) is 2.74. The second-order valence-electron chi connectivity index (χ2n) is 4.10. The summed E-state index contributed by atoms with van der Waals surface area (Å²) in [7, 11) is 0. The Morgan fingerprint density at radius 2 is 1.68 bits per heavy atom. The van der Waals surface area contributed by atoms with Crippen molar-refractivity contribution in [3.63, 3.8) is 0 Å². The van der Waals surface area contributed by atoms with Crippen LogP contribution in [-0.2, 0) is 6.42 Å². The number of anilines is 1. The number of hydrogen-bond acceptors (Lipinski definition) is 2. The van der Waals surface area contributed by atoms with Crippen LogP contribution >= 0.6 is 0 Å². The van der Waals surface area contributed by atoms with Crippen LogP contribution in [0.4, 0.5) is 14.5 Å². The molecule has 0 amide bonds. The fourth-order valence-corrected chi connectivity index (χ4v) is 1.76. The van der Waals surface area contributed by atoms with Crippen molar-refractivity contribution in [2.75, 3.05) is 11.9 Å². The topological polar surface area (TPSA) is 35.8 Å². The maximum absolute atomic E-state index is 12.9. The molecule has 0 unspecified atom stereocenters. The van der Waals surface area contributed by atoms with E-state index in [9.17, 15) is 8.78 Å². The van der Waals surface area contributed by atoms with Crippen molar-refractivity contribution >= 4 is 5.69 Å². The molecule has 2 aromatic rings. The first-order chi connectivity index (χ1) is 9.19. The molecule has 4 heteroatoms. The van der Waals surface area contributed by atoms with Crippen molar-refractivity contribution in [3.8, 4) is 6.07 Å². The zero-order valence-corrected chi connectivity index (χ0v) is 10.2. The molecule has 2 aromatic carbocycles. The molecule has 0 aliphatic carbocycles. The van der Waals surface area contributed by atoms with Gasteiger partial charge in [0.05, 0.1) is 11.3 Å². The number of rotatable bonds is 4. The average molecular weight is 258 g/mol. The molecule has 1 N–H and O–H groups in total. The first-order valence-corrected chi connectivity index (χ1v) is 5.87. The van der Waals surface area contributed by atoms with Gasteiger partial charge in [-0.05, 0) is 42.3 Å². The maximum Gasteiger partial charge on any atom is 0.124 e. The summed E-state index contributed by atoms with van der Waals surface area (Å²) in [6, 6.07) is 12.2. The lowest BCUT2D eigenvalue weighted by Gasteiger charge is -2.08. The van der Waals surface area contributed by atoms with Crippen LogP contribution in [-0.4, -0.2) is 6.54 Å². The van der Waals surface area contributed by atoms with Crippen molar-refractivity contribution < 1.29 is 8.78 Å². The Balaban J connectivity index is 1.96. The molecule has 0 spiro atoms. The predicted molar refractivity (Wildman–Crippen MR) is 69.7 cm³/mol. The summed E-state index contributed by atoms with van der Waals surface area (Å²) >= 11 is 0. The fourth-order valence-electron chi connectivity index (χ4n) is 1.76. The Labute approximate surface area is 110 Å². The van der Waals surface area contributed by atoms with E-state index in [1.54, 1.807) is 18.2 Å². The summed E-state index contributed by atoms with van der Waals surface area (Å²) in [5, 5.41) is 12.0. The highest BCUT2D eigenvalue weighted by Gasteiger charge is 2.03. The smallest absolute Gasteiger partial charge is 0.124 e.